The van der Waals surface area contributed by atoms with Crippen LogP contribution in [0.3, 0.4) is 0 Å². The minimum Gasteiger partial charge on any atom is -0.354 e. The summed E-state index contributed by atoms with van der Waals surface area (Å²) in [5, 5.41) is 4.52. The second kappa shape index (κ2) is 9.49. The van der Waals surface area contributed by atoms with Crippen LogP contribution >= 0.6 is 23.4 Å². The van der Waals surface area contributed by atoms with Gasteiger partial charge in [0.15, 0.2) is 5.82 Å². The average Bonchev–Trinajstić information content (AvgIpc) is 2.77. The van der Waals surface area contributed by atoms with Gasteiger partial charge in [-0.2, -0.15) is 0 Å². The molecule has 1 atom stereocenters. The molecule has 1 saturated heterocycles. The van der Waals surface area contributed by atoms with Crippen molar-refractivity contribution in [3.8, 4) is 0 Å². The van der Waals surface area contributed by atoms with Crippen molar-refractivity contribution in [1.29, 1.82) is 0 Å². The Bertz CT molecular complexity index is 1010. The molecule has 0 saturated carbocycles. The molecule has 2 aromatic carbocycles. The van der Waals surface area contributed by atoms with Gasteiger partial charge in [0.1, 0.15) is 5.03 Å². The summed E-state index contributed by atoms with van der Waals surface area (Å²) in [5.41, 5.74) is 1.99. The second-order valence-electron chi connectivity index (χ2n) is 7.38. The lowest BCUT2D eigenvalue weighted by Gasteiger charge is -2.33. The quantitative estimate of drug-likeness (QED) is 0.574. The van der Waals surface area contributed by atoms with E-state index in [1.54, 1.807) is 36.3 Å². The van der Waals surface area contributed by atoms with Gasteiger partial charge in [0, 0.05) is 41.1 Å². The number of anilines is 2. The number of hydrogen-bond donors (Lipinski definition) is 1. The number of amides is 1. The van der Waals surface area contributed by atoms with Gasteiger partial charge in [-0.15, -0.1) is 0 Å². The molecule has 1 amide bonds. The van der Waals surface area contributed by atoms with Crippen molar-refractivity contribution in [3.63, 3.8) is 0 Å². The molecule has 1 unspecified atom stereocenters. The van der Waals surface area contributed by atoms with Crippen molar-refractivity contribution < 1.29 is 4.79 Å². The lowest BCUT2D eigenvalue weighted by molar-refractivity contribution is -0.120. The van der Waals surface area contributed by atoms with Gasteiger partial charge in [-0.25, -0.2) is 9.97 Å². The number of halogens is 1. The minimum atomic E-state index is -0.103. The third-order valence-electron chi connectivity index (χ3n) is 5.09. The number of piperidine rings is 1. The van der Waals surface area contributed by atoms with Crippen molar-refractivity contribution in [2.24, 2.45) is 5.92 Å². The third kappa shape index (κ3) is 5.12. The molecular weight excluding hydrogens is 416 g/mol. The van der Waals surface area contributed by atoms with E-state index in [2.05, 4.69) is 51.4 Å². The third-order valence-corrected chi connectivity index (χ3v) is 6.33. The predicted octanol–water partition coefficient (Wildman–Crippen LogP) is 5.44. The molecule has 5 nitrogen and oxygen atoms in total. The molecule has 1 N–H and O–H groups in total. The van der Waals surface area contributed by atoms with Crippen molar-refractivity contribution in [3.05, 3.63) is 71.5 Å². The number of aromatic nitrogens is 2. The van der Waals surface area contributed by atoms with Crippen LogP contribution in [-0.4, -0.2) is 29.0 Å². The van der Waals surface area contributed by atoms with Crippen molar-refractivity contribution >= 4 is 40.8 Å². The van der Waals surface area contributed by atoms with Crippen LogP contribution in [0.5, 0.6) is 0 Å². The van der Waals surface area contributed by atoms with Gasteiger partial charge < -0.3 is 10.2 Å². The van der Waals surface area contributed by atoms with E-state index in [4.69, 9.17) is 11.6 Å². The Hall–Kier alpha value is -2.57. The molecule has 1 aliphatic heterocycles. The lowest BCUT2D eigenvalue weighted by atomic mass is 9.97. The van der Waals surface area contributed by atoms with E-state index in [1.165, 1.54) is 5.56 Å². The summed E-state index contributed by atoms with van der Waals surface area (Å²) in [6.07, 6.45) is 5.22. The maximum atomic E-state index is 12.8. The number of aryl methyl sites for hydroxylation is 1. The fraction of sp³-hybridized carbons (Fsp3) is 0.261. The Balaban J connectivity index is 1.47. The fourth-order valence-corrected chi connectivity index (χ4v) is 4.49. The predicted molar refractivity (Wildman–Crippen MR) is 122 cm³/mol. The molecule has 154 valence electrons. The first-order valence-electron chi connectivity index (χ1n) is 9.95. The summed E-state index contributed by atoms with van der Waals surface area (Å²) in [7, 11) is 0. The van der Waals surface area contributed by atoms with E-state index >= 15 is 0 Å². The van der Waals surface area contributed by atoms with Crippen LogP contribution in [-0.2, 0) is 4.79 Å². The molecule has 2 heterocycles. The molecular formula is C23H23ClN4OS. The number of nitrogens with zero attached hydrogens (tertiary/aromatic N) is 3. The number of benzene rings is 2. The molecule has 1 aliphatic rings. The summed E-state index contributed by atoms with van der Waals surface area (Å²) >= 11 is 7.53. The SMILES string of the molecule is Cc1ccc(Sc2nccnc2N2CCCC(C(=O)Nc3ccc(Cl)cc3)C2)cc1. The van der Waals surface area contributed by atoms with Crippen molar-refractivity contribution in [2.75, 3.05) is 23.3 Å². The smallest absolute Gasteiger partial charge is 0.229 e. The summed E-state index contributed by atoms with van der Waals surface area (Å²) in [5.74, 6) is 0.763. The number of carbonyl (C=O) groups excluding carboxylic acids is 1. The zero-order valence-corrected chi connectivity index (χ0v) is 18.3. The Morgan fingerprint density at radius 2 is 1.83 bits per heavy atom. The molecule has 30 heavy (non-hydrogen) atoms. The molecule has 1 fully saturated rings. The van der Waals surface area contributed by atoms with E-state index in [1.807, 2.05) is 12.1 Å². The fourth-order valence-electron chi connectivity index (χ4n) is 3.49. The van der Waals surface area contributed by atoms with Gasteiger partial charge in [-0.3, -0.25) is 4.79 Å². The van der Waals surface area contributed by atoms with Gasteiger partial charge in [0.25, 0.3) is 0 Å². The molecule has 0 aliphatic carbocycles. The molecule has 0 spiro atoms. The van der Waals surface area contributed by atoms with Gasteiger partial charge in [-0.1, -0.05) is 41.1 Å². The Labute approximate surface area is 185 Å². The van der Waals surface area contributed by atoms with Crippen LogP contribution in [0.4, 0.5) is 11.5 Å². The van der Waals surface area contributed by atoms with E-state index in [0.29, 0.717) is 11.6 Å². The van der Waals surface area contributed by atoms with E-state index in [9.17, 15) is 4.79 Å². The van der Waals surface area contributed by atoms with Crippen LogP contribution < -0.4 is 10.2 Å². The second-order valence-corrected chi connectivity index (χ2v) is 8.88. The average molecular weight is 439 g/mol. The number of rotatable bonds is 5. The monoisotopic (exact) mass is 438 g/mol. The maximum Gasteiger partial charge on any atom is 0.229 e. The Morgan fingerprint density at radius 1 is 1.10 bits per heavy atom. The van der Waals surface area contributed by atoms with E-state index < -0.39 is 0 Å². The van der Waals surface area contributed by atoms with Crippen LogP contribution in [0.25, 0.3) is 0 Å². The Kier molecular flexibility index (Phi) is 6.55. The number of hydrogen-bond acceptors (Lipinski definition) is 5. The standard InChI is InChI=1S/C23H23ClN4OS/c1-16-4-10-20(11-5-16)30-23-21(25-12-13-26-23)28-14-2-3-17(15-28)22(29)27-19-8-6-18(24)7-9-19/h4-13,17H,2-3,14-15H2,1H3,(H,27,29). The molecule has 3 aromatic rings. The first kappa shape index (κ1) is 20.7. The lowest BCUT2D eigenvalue weighted by Crippen LogP contribution is -2.41. The summed E-state index contributed by atoms with van der Waals surface area (Å²) < 4.78 is 0. The zero-order chi connectivity index (χ0) is 20.9. The van der Waals surface area contributed by atoms with E-state index in [-0.39, 0.29) is 11.8 Å². The van der Waals surface area contributed by atoms with Gasteiger partial charge in [0.2, 0.25) is 5.91 Å². The topological polar surface area (TPSA) is 58.1 Å². The Morgan fingerprint density at radius 3 is 2.60 bits per heavy atom. The maximum absolute atomic E-state index is 12.8. The summed E-state index contributed by atoms with van der Waals surface area (Å²) in [4.78, 5) is 25.3. The van der Waals surface area contributed by atoms with Gasteiger partial charge in [0.05, 0.1) is 5.92 Å². The molecule has 0 bridgehead atoms. The van der Waals surface area contributed by atoms with Crippen molar-refractivity contribution in [2.45, 2.75) is 29.7 Å². The summed E-state index contributed by atoms with van der Waals surface area (Å²) in [6.45, 7) is 3.57. The van der Waals surface area contributed by atoms with Crippen LogP contribution in [0.15, 0.2) is 70.8 Å². The minimum absolute atomic E-state index is 0.0265. The van der Waals surface area contributed by atoms with Crippen LogP contribution in [0, 0.1) is 12.8 Å². The molecule has 1 aromatic heterocycles. The normalized spacial score (nSPS) is 16.3. The molecule has 0 radical (unpaired) electrons. The number of nitrogens with one attached hydrogen (secondary N) is 1. The van der Waals surface area contributed by atoms with Crippen molar-refractivity contribution in [1.82, 2.24) is 9.97 Å². The number of carbonyl (C=O) groups is 1. The van der Waals surface area contributed by atoms with Crippen LogP contribution in [0.1, 0.15) is 18.4 Å². The molecule has 7 heteroatoms. The molecule has 4 rings (SSSR count). The highest BCUT2D eigenvalue weighted by atomic mass is 35.5. The van der Waals surface area contributed by atoms with Gasteiger partial charge in [-0.05, 0) is 56.2 Å². The largest absolute Gasteiger partial charge is 0.354 e. The first-order chi connectivity index (χ1) is 14.6. The summed E-state index contributed by atoms with van der Waals surface area (Å²) in [6, 6.07) is 15.6. The van der Waals surface area contributed by atoms with Crippen LogP contribution in [0.2, 0.25) is 5.02 Å². The highest BCUT2D eigenvalue weighted by molar-refractivity contribution is 7.99. The van der Waals surface area contributed by atoms with Gasteiger partial charge >= 0.3 is 0 Å². The zero-order valence-electron chi connectivity index (χ0n) is 16.7. The highest BCUT2D eigenvalue weighted by Crippen LogP contribution is 2.34. The first-order valence-corrected chi connectivity index (χ1v) is 11.1. The van der Waals surface area contributed by atoms with E-state index in [0.717, 1.165) is 40.8 Å². The highest BCUT2D eigenvalue weighted by Gasteiger charge is 2.28.